The van der Waals surface area contributed by atoms with Crippen LogP contribution in [0.4, 0.5) is 10.1 Å². The minimum Gasteiger partial charge on any atom is -0.755 e. The summed E-state index contributed by atoms with van der Waals surface area (Å²) in [5, 5.41) is 0. The highest BCUT2D eigenvalue weighted by atomic mass is 32.2. The smallest absolute Gasteiger partial charge is 0.130 e. The van der Waals surface area contributed by atoms with Gasteiger partial charge in [0, 0.05) is 28.6 Å². The monoisotopic (exact) mass is 346 g/mol. The third kappa shape index (κ3) is 3.34. The molecule has 0 saturated heterocycles. The van der Waals surface area contributed by atoms with Gasteiger partial charge >= 0.3 is 0 Å². The van der Waals surface area contributed by atoms with Gasteiger partial charge in [-0.1, -0.05) is 12.1 Å². The van der Waals surface area contributed by atoms with E-state index in [1.165, 1.54) is 12.1 Å². The molecule has 6 heteroatoms. The summed E-state index contributed by atoms with van der Waals surface area (Å²) in [5.41, 5.74) is 3.43. The van der Waals surface area contributed by atoms with Gasteiger partial charge in [0.05, 0.1) is 0 Å². The van der Waals surface area contributed by atoms with Crippen LogP contribution in [0.3, 0.4) is 0 Å². The maximum Gasteiger partial charge on any atom is 0.130 e. The van der Waals surface area contributed by atoms with Crippen LogP contribution in [-0.2, 0) is 11.3 Å². The van der Waals surface area contributed by atoms with Crippen molar-refractivity contribution in [3.05, 3.63) is 65.0 Å². The minimum atomic E-state index is -2.40. The van der Waals surface area contributed by atoms with E-state index in [0.717, 1.165) is 22.3 Å². The molecule has 2 aromatic carbocycles. The Bertz CT molecular complexity index is 844. The van der Waals surface area contributed by atoms with Crippen molar-refractivity contribution in [2.75, 3.05) is 4.72 Å². The van der Waals surface area contributed by atoms with Crippen molar-refractivity contribution in [1.29, 1.82) is 0 Å². The number of hydrogen-bond donors (Lipinski definition) is 1. The zero-order chi connectivity index (χ0) is 17.5. The molecular formula is C18H17FNO3S-. The molecule has 0 aliphatic carbocycles. The summed E-state index contributed by atoms with van der Waals surface area (Å²) < 4.78 is 43.4. The molecule has 1 unspecified atom stereocenters. The number of rotatable bonds is 3. The maximum absolute atomic E-state index is 13.2. The average molecular weight is 346 g/mol. The zero-order valence-corrected chi connectivity index (χ0v) is 14.4. The fraction of sp³-hybridized carbons (Fsp3) is 0.222. The first-order valence-corrected chi connectivity index (χ1v) is 8.51. The normalized spacial score (nSPS) is 16.6. The van der Waals surface area contributed by atoms with Gasteiger partial charge in [-0.25, -0.2) is 4.39 Å². The average Bonchev–Trinajstić information content (AvgIpc) is 2.44. The highest BCUT2D eigenvalue weighted by Gasteiger charge is 2.28. The Morgan fingerprint density at radius 3 is 2.50 bits per heavy atom. The molecule has 0 fully saturated rings. The van der Waals surface area contributed by atoms with Crippen molar-refractivity contribution in [3.8, 4) is 5.75 Å². The van der Waals surface area contributed by atoms with Crippen molar-refractivity contribution in [3.63, 3.8) is 0 Å². The summed E-state index contributed by atoms with van der Waals surface area (Å²) in [7, 11) is 0. The van der Waals surface area contributed by atoms with Crippen LogP contribution in [-0.4, -0.2) is 14.4 Å². The second kappa shape index (κ2) is 6.03. The van der Waals surface area contributed by atoms with Gasteiger partial charge in [-0.05, 0) is 61.7 Å². The number of fused-ring (bicyclic) bond motifs is 1. The van der Waals surface area contributed by atoms with Gasteiger partial charge in [-0.15, -0.1) is 0 Å². The predicted molar refractivity (Wildman–Crippen MR) is 91.9 cm³/mol. The van der Waals surface area contributed by atoms with Gasteiger partial charge < -0.3 is 14.0 Å². The Labute approximate surface area is 142 Å². The van der Waals surface area contributed by atoms with Crippen LogP contribution in [0.25, 0.3) is 5.57 Å². The Balaban J connectivity index is 2.16. The molecule has 0 bridgehead atoms. The van der Waals surface area contributed by atoms with Crippen molar-refractivity contribution in [2.45, 2.75) is 26.4 Å². The molecular weight excluding hydrogens is 329 g/mol. The van der Waals surface area contributed by atoms with E-state index in [1.54, 1.807) is 24.3 Å². The van der Waals surface area contributed by atoms with Crippen molar-refractivity contribution < 1.29 is 17.9 Å². The Hall–Kier alpha value is -2.18. The molecule has 24 heavy (non-hydrogen) atoms. The van der Waals surface area contributed by atoms with Crippen LogP contribution < -0.4 is 9.46 Å². The molecule has 0 saturated carbocycles. The number of nitrogens with one attached hydrogen (secondary N) is 1. The van der Waals surface area contributed by atoms with Crippen LogP contribution in [0.15, 0.2) is 42.5 Å². The zero-order valence-electron chi connectivity index (χ0n) is 13.6. The van der Waals surface area contributed by atoms with Gasteiger partial charge in [-0.2, -0.15) is 0 Å². The lowest BCUT2D eigenvalue weighted by molar-refractivity contribution is 0.158. The Morgan fingerprint density at radius 1 is 1.21 bits per heavy atom. The largest absolute Gasteiger partial charge is 0.755 e. The lowest BCUT2D eigenvalue weighted by atomic mass is 9.87. The molecule has 1 N–H and O–H groups in total. The fourth-order valence-corrected chi connectivity index (χ4v) is 3.24. The molecule has 0 aromatic heterocycles. The number of benzene rings is 2. The van der Waals surface area contributed by atoms with E-state index in [2.05, 4.69) is 4.72 Å². The molecule has 0 amide bonds. The summed E-state index contributed by atoms with van der Waals surface area (Å²) in [6.07, 6.45) is 1.99. The molecule has 126 valence electrons. The molecule has 1 aliphatic rings. The van der Waals surface area contributed by atoms with Crippen LogP contribution in [0.5, 0.6) is 5.75 Å². The predicted octanol–water partition coefficient (Wildman–Crippen LogP) is 3.94. The number of halogens is 1. The van der Waals surface area contributed by atoms with E-state index in [1.807, 2.05) is 26.8 Å². The second-order valence-corrected chi connectivity index (χ2v) is 6.95. The van der Waals surface area contributed by atoms with Gasteiger partial charge in [-0.3, -0.25) is 4.21 Å². The number of hydrogen-bond acceptors (Lipinski definition) is 3. The molecule has 2 aromatic rings. The molecule has 1 heterocycles. The van der Waals surface area contributed by atoms with E-state index in [0.29, 0.717) is 11.4 Å². The maximum atomic E-state index is 13.2. The Kier molecular flexibility index (Phi) is 4.19. The van der Waals surface area contributed by atoms with Gasteiger partial charge in [0.25, 0.3) is 0 Å². The van der Waals surface area contributed by atoms with E-state index in [-0.39, 0.29) is 5.82 Å². The molecule has 1 atom stereocenters. The third-order valence-corrected chi connectivity index (χ3v) is 4.19. The van der Waals surface area contributed by atoms with Gasteiger partial charge in [0.2, 0.25) is 0 Å². The van der Waals surface area contributed by atoms with Crippen molar-refractivity contribution in [2.24, 2.45) is 0 Å². The first-order chi connectivity index (χ1) is 11.2. The van der Waals surface area contributed by atoms with Crippen LogP contribution in [0.2, 0.25) is 0 Å². The minimum absolute atomic E-state index is 0.292. The third-order valence-electron chi connectivity index (χ3n) is 3.79. The van der Waals surface area contributed by atoms with E-state index in [9.17, 15) is 13.2 Å². The second-order valence-electron chi connectivity index (χ2n) is 6.27. The van der Waals surface area contributed by atoms with E-state index in [4.69, 9.17) is 4.74 Å². The Morgan fingerprint density at radius 2 is 1.88 bits per heavy atom. The van der Waals surface area contributed by atoms with E-state index >= 15 is 0 Å². The number of anilines is 1. The van der Waals surface area contributed by atoms with Crippen LogP contribution >= 0.6 is 0 Å². The van der Waals surface area contributed by atoms with Gasteiger partial charge in [0.1, 0.15) is 17.2 Å². The highest BCUT2D eigenvalue weighted by molar-refractivity contribution is 7.80. The molecule has 3 rings (SSSR count). The molecule has 4 nitrogen and oxygen atoms in total. The molecule has 1 aliphatic heterocycles. The van der Waals surface area contributed by atoms with Gasteiger partial charge in [0.15, 0.2) is 0 Å². The lowest BCUT2D eigenvalue weighted by Gasteiger charge is -2.33. The summed E-state index contributed by atoms with van der Waals surface area (Å²) in [6, 6.07) is 9.70. The van der Waals surface area contributed by atoms with Crippen LogP contribution in [0, 0.1) is 12.7 Å². The number of aryl methyl sites for hydroxylation is 1. The first-order valence-electron chi connectivity index (χ1n) is 7.44. The molecule has 0 spiro atoms. The summed E-state index contributed by atoms with van der Waals surface area (Å²) in [4.78, 5) is 0. The van der Waals surface area contributed by atoms with Crippen molar-refractivity contribution >= 4 is 22.5 Å². The summed E-state index contributed by atoms with van der Waals surface area (Å²) in [5.74, 6) is 0.301. The lowest BCUT2D eigenvalue weighted by Crippen LogP contribution is -2.29. The van der Waals surface area contributed by atoms with E-state index < -0.39 is 16.9 Å². The topological polar surface area (TPSA) is 61.4 Å². The summed E-state index contributed by atoms with van der Waals surface area (Å²) >= 11 is -2.40. The summed E-state index contributed by atoms with van der Waals surface area (Å²) in [6.45, 7) is 5.72. The SMILES string of the molecule is Cc1cc(NS(=O)[O-])cc2c1C(c1ccc(F)cc1)=CC(C)(C)O2. The molecule has 0 radical (unpaired) electrons. The van der Waals surface area contributed by atoms with Crippen molar-refractivity contribution in [1.82, 2.24) is 0 Å². The quantitative estimate of drug-likeness (QED) is 0.856. The first kappa shape index (κ1) is 16.7. The fourth-order valence-electron chi connectivity index (χ4n) is 2.93. The van der Waals surface area contributed by atoms with Crippen LogP contribution in [0.1, 0.15) is 30.5 Å². The standard InChI is InChI=1S/C18H18FNO3S/c1-11-8-14(20-24(21)22)9-16-17(11)15(10-18(2,3)23-16)12-4-6-13(19)7-5-12/h4-10,20H,1-3H3,(H,21,22)/p-1. The number of ether oxygens (including phenoxy) is 1. The highest BCUT2D eigenvalue weighted by Crippen LogP contribution is 2.42.